The largest absolute Gasteiger partial charge is 2.00 e. The average Bonchev–Trinajstić information content (AvgIpc) is 4.10. The molecule has 0 saturated heterocycles. The van der Waals surface area contributed by atoms with Crippen LogP contribution < -0.4 is 9.97 Å². The smallest absolute Gasteiger partial charge is 0.357 e. The van der Waals surface area contributed by atoms with Crippen LogP contribution in [-0.4, -0.2) is 29.9 Å². The zero-order valence-corrected chi connectivity index (χ0v) is 42.6. The normalized spacial score (nSPS) is 11.6. The van der Waals surface area contributed by atoms with Gasteiger partial charge in [0.1, 0.15) is 0 Å². The van der Waals surface area contributed by atoms with Gasteiger partial charge >= 0.3 is 19.5 Å². The number of nitrogens with zero attached hydrogens (tertiary/aromatic N) is 8. The van der Waals surface area contributed by atoms with Crippen LogP contribution in [0, 0.1) is 0 Å². The Kier molecular flexibility index (Phi) is 11.7. The van der Waals surface area contributed by atoms with Crippen molar-refractivity contribution in [3.8, 4) is 45.6 Å². The Balaban J connectivity index is 0.00000492. The molecule has 322 valence electrons. The maximum atomic E-state index is 5.30. The predicted octanol–water partition coefficient (Wildman–Crippen LogP) is 14.7. The molecule has 13 rings (SSSR count). The van der Waals surface area contributed by atoms with Crippen molar-refractivity contribution in [1.82, 2.24) is 39.9 Å². The van der Waals surface area contributed by atoms with Crippen LogP contribution >= 0.6 is 47.0 Å². The topological polar surface area (TPSA) is 106 Å². The second-order valence-corrected chi connectivity index (χ2v) is 20.6. The van der Waals surface area contributed by atoms with Gasteiger partial charge in [-0.3, -0.25) is 0 Å². The first-order valence-electron chi connectivity index (χ1n) is 21.8. The van der Waals surface area contributed by atoms with E-state index in [0.29, 0.717) is 45.9 Å². The number of hydrogen-bond acceptors (Lipinski definition) is 10. The van der Waals surface area contributed by atoms with E-state index in [1.807, 2.05) is 24.3 Å². The van der Waals surface area contributed by atoms with E-state index in [2.05, 4.69) is 170 Å². The second-order valence-electron chi connectivity index (χ2n) is 16.0. The quantitative estimate of drug-likeness (QED) is 0.135. The fourth-order valence-electron chi connectivity index (χ4n) is 8.33. The van der Waals surface area contributed by atoms with Crippen molar-refractivity contribution in [3.05, 3.63) is 194 Å². The molecule has 0 N–H and O–H groups in total. The first-order valence-corrected chi connectivity index (χ1v) is 25.1. The molecule has 0 amide bonds. The van der Waals surface area contributed by atoms with Crippen LogP contribution in [0.5, 0.6) is 0 Å². The van der Waals surface area contributed by atoms with Gasteiger partial charge in [0.15, 0.2) is 0 Å². The number of benzene rings is 8. The summed E-state index contributed by atoms with van der Waals surface area (Å²) in [5, 5.41) is 3.43. The van der Waals surface area contributed by atoms with Crippen molar-refractivity contribution in [1.29, 1.82) is 0 Å². The van der Waals surface area contributed by atoms with Crippen LogP contribution in [0.2, 0.25) is 0 Å². The summed E-state index contributed by atoms with van der Waals surface area (Å²) in [5.74, 6) is 2.05. The van der Waals surface area contributed by atoms with E-state index in [0.717, 1.165) is 83.0 Å². The van der Waals surface area contributed by atoms with E-state index in [1.54, 1.807) is 47.0 Å². The molecule has 13 heteroatoms. The fraction of sp³-hybridized carbons (Fsp3) is 0. The number of fused-ring (bicyclic) bond motifs is 20. The first kappa shape index (κ1) is 43.4. The molecular weight excluding hydrogens is 978 g/mol. The Bertz CT molecular complexity index is 3670. The van der Waals surface area contributed by atoms with Gasteiger partial charge in [0, 0.05) is 84.0 Å². The van der Waals surface area contributed by atoms with Crippen molar-refractivity contribution < 1.29 is 19.5 Å². The monoisotopic (exact) mass is 1010 g/mol. The minimum absolute atomic E-state index is 0. The summed E-state index contributed by atoms with van der Waals surface area (Å²) >= 11 is 6.76. The molecule has 8 bridgehead atoms. The zero-order valence-electron chi connectivity index (χ0n) is 36.4. The summed E-state index contributed by atoms with van der Waals surface area (Å²) in [7, 11) is 0. The molecule has 0 spiro atoms. The van der Waals surface area contributed by atoms with Crippen molar-refractivity contribution in [2.45, 2.75) is 39.2 Å². The van der Waals surface area contributed by atoms with Crippen LogP contribution in [0.25, 0.3) is 89.7 Å². The molecule has 0 atom stereocenters. The van der Waals surface area contributed by atoms with Gasteiger partial charge < -0.3 is 29.9 Å². The van der Waals surface area contributed by atoms with Gasteiger partial charge in [-0.25, -0.2) is 9.97 Å². The van der Waals surface area contributed by atoms with Gasteiger partial charge in [0.25, 0.3) is 0 Å². The molecule has 2 aliphatic rings. The van der Waals surface area contributed by atoms with Crippen LogP contribution in [0.3, 0.4) is 0 Å². The van der Waals surface area contributed by atoms with Crippen molar-refractivity contribution >= 4 is 91.2 Å². The molecule has 0 radical (unpaired) electrons. The van der Waals surface area contributed by atoms with Crippen molar-refractivity contribution in [2.24, 2.45) is 0 Å². The van der Waals surface area contributed by atoms with Gasteiger partial charge in [-0.1, -0.05) is 144 Å². The summed E-state index contributed by atoms with van der Waals surface area (Å²) in [6.07, 6.45) is 0. The molecule has 0 unspecified atom stereocenters. The maximum absolute atomic E-state index is 5.30. The average molecular weight is 1010 g/mol. The molecule has 8 aromatic carbocycles. The summed E-state index contributed by atoms with van der Waals surface area (Å²) in [5.41, 5.74) is 5.48. The van der Waals surface area contributed by atoms with Gasteiger partial charge in [0.05, 0.1) is 23.3 Å². The predicted molar refractivity (Wildman–Crippen MR) is 276 cm³/mol. The molecule has 11 aromatic rings. The molecule has 0 saturated carbocycles. The SMILES string of the molecule is [Zn+2].c1ccc(Sc2ccc3c(c2)-c2nc-3nc3[n-]c(nc4nc(nc5[n-]c(n2)c2ccc(Sc6ccccc6)cc52)-c2ccc(Sc5ccccc5)cc2-4)c2ccc(Sc4ccccc4)cc32)cc1. The Labute approximate surface area is 426 Å². The third kappa shape index (κ3) is 8.66. The van der Waals surface area contributed by atoms with Crippen LogP contribution in [0.1, 0.15) is 0 Å². The summed E-state index contributed by atoms with van der Waals surface area (Å²) in [6.45, 7) is 0. The van der Waals surface area contributed by atoms with E-state index in [9.17, 15) is 0 Å². The van der Waals surface area contributed by atoms with Gasteiger partial charge in [-0.05, 0) is 119 Å². The molecule has 3 aromatic heterocycles. The third-order valence-corrected chi connectivity index (χ3v) is 15.5. The standard InChI is InChI=1S/C56H32N8S4.Zn/c1-5-13-33(14-6-1)65-37-21-25-41-45(29-37)53-57-49(41)62-54-47-31-39(67-35-17-9-3-10-18-35)23-27-43(47)51(59-54)64-56-48-32-40(68-36-19-11-4-12-20-36)24-28-44(48)52(60-56)63-55-46-30-38(66-34-15-7-2-8-16-34)22-26-42(46)50(58-55)61-53;/h1-32H;/q-2;+2. The summed E-state index contributed by atoms with van der Waals surface area (Å²) < 4.78 is 0. The fourth-order valence-corrected chi connectivity index (χ4v) is 11.8. The Morgan fingerprint density at radius 2 is 0.536 bits per heavy atom. The van der Waals surface area contributed by atoms with E-state index < -0.39 is 0 Å². The molecule has 0 fully saturated rings. The van der Waals surface area contributed by atoms with Gasteiger partial charge in [0.2, 0.25) is 0 Å². The van der Waals surface area contributed by atoms with Crippen LogP contribution in [-0.2, 0) is 19.5 Å². The van der Waals surface area contributed by atoms with Gasteiger partial charge in [-0.15, -0.1) is 0 Å². The van der Waals surface area contributed by atoms with E-state index in [-0.39, 0.29) is 19.5 Å². The number of aromatic nitrogens is 8. The summed E-state index contributed by atoms with van der Waals surface area (Å²) in [4.78, 5) is 50.8. The Hall–Kier alpha value is -6.86. The first-order chi connectivity index (χ1) is 33.6. The number of hydrogen-bond donors (Lipinski definition) is 0. The molecule has 69 heavy (non-hydrogen) atoms. The summed E-state index contributed by atoms with van der Waals surface area (Å²) in [6, 6.07) is 66.8. The van der Waals surface area contributed by atoms with E-state index in [4.69, 9.17) is 39.9 Å². The Morgan fingerprint density at radius 3 is 0.884 bits per heavy atom. The molecule has 8 nitrogen and oxygen atoms in total. The van der Waals surface area contributed by atoms with Crippen LogP contribution in [0.4, 0.5) is 0 Å². The van der Waals surface area contributed by atoms with Crippen molar-refractivity contribution in [2.75, 3.05) is 0 Å². The minimum Gasteiger partial charge on any atom is -0.357 e. The van der Waals surface area contributed by atoms with Crippen LogP contribution in [0.15, 0.2) is 233 Å². The van der Waals surface area contributed by atoms with Crippen molar-refractivity contribution in [3.63, 3.8) is 0 Å². The number of rotatable bonds is 8. The van der Waals surface area contributed by atoms with Gasteiger partial charge in [-0.2, -0.15) is 0 Å². The second kappa shape index (κ2) is 18.6. The minimum atomic E-state index is 0. The maximum Gasteiger partial charge on any atom is 2.00 e. The van der Waals surface area contributed by atoms with E-state index >= 15 is 0 Å². The molecular formula is C56H32N8S4Zn. The third-order valence-electron chi connectivity index (χ3n) is 11.5. The van der Waals surface area contributed by atoms with E-state index in [1.165, 1.54) is 0 Å². The molecule has 0 aliphatic carbocycles. The Morgan fingerprint density at radius 1 is 0.246 bits per heavy atom. The molecule has 2 aliphatic heterocycles. The zero-order chi connectivity index (χ0) is 45.0. The molecule has 5 heterocycles.